The first-order chi connectivity index (χ1) is 15.0. The molecule has 0 spiro atoms. The summed E-state index contributed by atoms with van der Waals surface area (Å²) in [6.07, 6.45) is 8.51. The maximum atomic E-state index is 13.3. The van der Waals surface area contributed by atoms with Crippen LogP contribution in [-0.2, 0) is 11.2 Å². The molecule has 0 aromatic heterocycles. The highest BCUT2D eigenvalue weighted by atomic mass is 16.2. The van der Waals surface area contributed by atoms with Crippen molar-refractivity contribution >= 4 is 11.6 Å². The fraction of sp³-hybridized carbons (Fsp3) is 0.679. The van der Waals surface area contributed by atoms with E-state index in [-0.39, 0.29) is 12.1 Å². The number of allylic oxidation sites excluding steroid dienone is 1. The van der Waals surface area contributed by atoms with Gasteiger partial charge in [-0.15, -0.1) is 0 Å². The van der Waals surface area contributed by atoms with Crippen LogP contribution in [0.2, 0.25) is 0 Å². The molecule has 1 aliphatic rings. The van der Waals surface area contributed by atoms with E-state index in [4.69, 9.17) is 5.73 Å². The maximum absolute atomic E-state index is 13.3. The van der Waals surface area contributed by atoms with Gasteiger partial charge in [0.1, 0.15) is 6.17 Å². The van der Waals surface area contributed by atoms with Gasteiger partial charge >= 0.3 is 0 Å². The number of carbonyl (C=O) groups is 1. The Morgan fingerprint density at radius 3 is 2.41 bits per heavy atom. The minimum absolute atomic E-state index is 0.0606. The average Bonchev–Trinajstić information content (AvgIpc) is 2.72. The van der Waals surface area contributed by atoms with Crippen LogP contribution in [-0.4, -0.2) is 36.1 Å². The molecule has 0 saturated carbocycles. The summed E-state index contributed by atoms with van der Waals surface area (Å²) in [4.78, 5) is 17.8. The zero-order chi connectivity index (χ0) is 23.9. The van der Waals surface area contributed by atoms with E-state index in [2.05, 4.69) is 88.6 Å². The van der Waals surface area contributed by atoms with Crippen LogP contribution in [0.4, 0.5) is 5.69 Å². The molecule has 0 aliphatic carbocycles. The number of amides is 1. The van der Waals surface area contributed by atoms with Gasteiger partial charge in [-0.3, -0.25) is 4.79 Å². The molecule has 0 radical (unpaired) electrons. The first-order valence-electron chi connectivity index (χ1n) is 12.5. The van der Waals surface area contributed by atoms with Crippen molar-refractivity contribution in [3.8, 4) is 0 Å². The lowest BCUT2D eigenvalue weighted by atomic mass is 9.89. The van der Waals surface area contributed by atoms with Gasteiger partial charge in [-0.2, -0.15) is 0 Å². The van der Waals surface area contributed by atoms with Gasteiger partial charge in [0.05, 0.1) is 6.04 Å². The van der Waals surface area contributed by atoms with E-state index in [1.54, 1.807) is 0 Å². The predicted octanol–water partition coefficient (Wildman–Crippen LogP) is 6.15. The fourth-order valence-corrected chi connectivity index (χ4v) is 4.37. The van der Waals surface area contributed by atoms with Crippen LogP contribution >= 0.6 is 0 Å². The minimum Gasteiger partial charge on any atom is -0.347 e. The summed E-state index contributed by atoms with van der Waals surface area (Å²) in [6, 6.07) is 8.58. The molecule has 1 aromatic carbocycles. The molecular formula is C28H47N3O. The van der Waals surface area contributed by atoms with Gasteiger partial charge in [0, 0.05) is 18.8 Å². The molecule has 32 heavy (non-hydrogen) atoms. The van der Waals surface area contributed by atoms with Crippen molar-refractivity contribution in [2.75, 3.05) is 18.0 Å². The van der Waals surface area contributed by atoms with E-state index in [0.29, 0.717) is 11.3 Å². The Balaban J connectivity index is 2.27. The Morgan fingerprint density at radius 1 is 1.19 bits per heavy atom. The molecule has 2 unspecified atom stereocenters. The second-order valence-electron chi connectivity index (χ2n) is 11.4. The highest BCUT2D eigenvalue weighted by Gasteiger charge is 2.33. The topological polar surface area (TPSA) is 49.6 Å². The van der Waals surface area contributed by atoms with Gasteiger partial charge in [-0.25, -0.2) is 0 Å². The lowest BCUT2D eigenvalue weighted by Gasteiger charge is -2.44. The smallest absolute Gasteiger partial charge is 0.241 e. The summed E-state index contributed by atoms with van der Waals surface area (Å²) in [5.74, 6) is 0.520. The Kier molecular flexibility index (Phi) is 9.82. The third kappa shape index (κ3) is 8.27. The second-order valence-corrected chi connectivity index (χ2v) is 11.4. The molecule has 2 rings (SSSR count). The zero-order valence-electron chi connectivity index (χ0n) is 21.7. The Morgan fingerprint density at radius 2 is 1.84 bits per heavy atom. The van der Waals surface area contributed by atoms with Crippen LogP contribution < -0.4 is 10.6 Å². The number of piperidine rings is 1. The van der Waals surface area contributed by atoms with Crippen LogP contribution in [0.1, 0.15) is 86.1 Å². The number of carbonyl (C=O) groups excluding carboxylic acids is 1. The second kappa shape index (κ2) is 11.9. The maximum Gasteiger partial charge on any atom is 0.241 e. The van der Waals surface area contributed by atoms with Crippen molar-refractivity contribution in [2.24, 2.45) is 17.1 Å². The predicted molar refractivity (Wildman–Crippen MR) is 138 cm³/mol. The number of rotatable bonds is 9. The van der Waals surface area contributed by atoms with E-state index < -0.39 is 6.04 Å². The molecular weight excluding hydrogens is 394 g/mol. The number of nitrogens with zero attached hydrogens (tertiary/aromatic N) is 2. The number of anilines is 1. The third-order valence-corrected chi connectivity index (χ3v) is 6.28. The van der Waals surface area contributed by atoms with Gasteiger partial charge in [0.2, 0.25) is 5.91 Å². The number of benzene rings is 1. The third-order valence-electron chi connectivity index (χ3n) is 6.28. The van der Waals surface area contributed by atoms with Crippen molar-refractivity contribution in [2.45, 2.75) is 99.2 Å². The molecule has 1 aromatic rings. The summed E-state index contributed by atoms with van der Waals surface area (Å²) < 4.78 is 0. The summed E-state index contributed by atoms with van der Waals surface area (Å²) in [7, 11) is 0. The molecule has 2 atom stereocenters. The fourth-order valence-electron chi connectivity index (χ4n) is 4.37. The molecule has 180 valence electrons. The van der Waals surface area contributed by atoms with Crippen molar-refractivity contribution < 1.29 is 4.79 Å². The molecule has 2 N–H and O–H groups in total. The van der Waals surface area contributed by atoms with Crippen LogP contribution in [0.3, 0.4) is 0 Å². The van der Waals surface area contributed by atoms with E-state index in [9.17, 15) is 4.79 Å². The monoisotopic (exact) mass is 441 g/mol. The average molecular weight is 442 g/mol. The van der Waals surface area contributed by atoms with Crippen molar-refractivity contribution in [3.63, 3.8) is 0 Å². The first-order valence-corrected chi connectivity index (χ1v) is 12.5. The summed E-state index contributed by atoms with van der Waals surface area (Å²) in [6.45, 7) is 17.0. The van der Waals surface area contributed by atoms with E-state index in [0.717, 1.165) is 45.2 Å². The van der Waals surface area contributed by atoms with Crippen molar-refractivity contribution in [1.82, 2.24) is 4.90 Å². The number of hydrogen-bond donors (Lipinski definition) is 1. The number of hydrogen-bond acceptors (Lipinski definition) is 3. The van der Waals surface area contributed by atoms with Gasteiger partial charge in [0.25, 0.3) is 0 Å². The highest BCUT2D eigenvalue weighted by molar-refractivity contribution is 5.82. The summed E-state index contributed by atoms with van der Waals surface area (Å²) in [5, 5.41) is 0. The molecule has 1 saturated heterocycles. The van der Waals surface area contributed by atoms with Crippen LogP contribution in [0.25, 0.3) is 0 Å². The molecule has 0 bridgehead atoms. The van der Waals surface area contributed by atoms with Crippen molar-refractivity contribution in [1.29, 1.82) is 0 Å². The number of likely N-dealkylation sites (tertiary alicyclic amines) is 1. The Hall–Kier alpha value is -1.81. The first kappa shape index (κ1) is 26.4. The highest BCUT2D eigenvalue weighted by Crippen LogP contribution is 2.28. The van der Waals surface area contributed by atoms with E-state index in [1.807, 2.05) is 0 Å². The number of nitrogens with two attached hydrogens (primary N) is 1. The van der Waals surface area contributed by atoms with Gasteiger partial charge < -0.3 is 15.5 Å². The SMILES string of the molecule is CC(C)=CCN(c1ccc(CCC(C)(C)C)cc1)C1CCCCN1C(=O)C(N)CC(C)C. The molecule has 1 amide bonds. The quantitative estimate of drug-likeness (QED) is 0.468. The molecule has 1 fully saturated rings. The number of aryl methyl sites for hydroxylation is 1. The van der Waals surface area contributed by atoms with Gasteiger partial charge in [-0.05, 0) is 81.4 Å². The van der Waals surface area contributed by atoms with Gasteiger partial charge in [-0.1, -0.05) is 58.4 Å². The van der Waals surface area contributed by atoms with Crippen molar-refractivity contribution in [3.05, 3.63) is 41.5 Å². The molecule has 1 heterocycles. The standard InChI is InChI=1S/C28H47N3O/c1-21(2)16-19-30(24-13-11-23(12-14-24)15-17-28(5,6)7)26-10-8-9-18-31(26)27(32)25(29)20-22(3)4/h11-14,16,22,25-26H,8-10,15,17-20,29H2,1-7H3. The summed E-state index contributed by atoms with van der Waals surface area (Å²) >= 11 is 0. The van der Waals surface area contributed by atoms with Gasteiger partial charge in [0.15, 0.2) is 0 Å². The van der Waals surface area contributed by atoms with E-state index in [1.165, 1.54) is 23.2 Å². The zero-order valence-corrected chi connectivity index (χ0v) is 21.7. The van der Waals surface area contributed by atoms with Crippen LogP contribution in [0.5, 0.6) is 0 Å². The van der Waals surface area contributed by atoms with Crippen LogP contribution in [0, 0.1) is 11.3 Å². The summed E-state index contributed by atoms with van der Waals surface area (Å²) in [5.41, 5.74) is 10.5. The minimum atomic E-state index is -0.416. The molecule has 4 heteroatoms. The Bertz CT molecular complexity index is 741. The van der Waals surface area contributed by atoms with Crippen LogP contribution in [0.15, 0.2) is 35.9 Å². The van der Waals surface area contributed by atoms with E-state index >= 15 is 0 Å². The lowest BCUT2D eigenvalue weighted by molar-refractivity contribution is -0.136. The molecule has 4 nitrogen and oxygen atoms in total. The normalized spacial score (nSPS) is 17.9. The largest absolute Gasteiger partial charge is 0.347 e. The Labute approximate surface area is 197 Å². The molecule has 1 aliphatic heterocycles. The lowest BCUT2D eigenvalue weighted by Crippen LogP contribution is -2.57.